The average molecular weight is 337 g/mol. The molecule has 0 spiro atoms. The summed E-state index contributed by atoms with van der Waals surface area (Å²) in [4.78, 5) is 11.8. The third-order valence-corrected chi connectivity index (χ3v) is 4.65. The Hall–Kier alpha value is -2.29. The van der Waals surface area contributed by atoms with Gasteiger partial charge in [-0.05, 0) is 35.9 Å². The van der Waals surface area contributed by atoms with Gasteiger partial charge < -0.3 is 5.32 Å². The second kappa shape index (κ2) is 7.32. The fourth-order valence-electron chi connectivity index (χ4n) is 1.93. The van der Waals surface area contributed by atoms with Crippen molar-refractivity contribution in [2.45, 2.75) is 32.1 Å². The van der Waals surface area contributed by atoms with E-state index in [0.717, 1.165) is 6.42 Å². The van der Waals surface area contributed by atoms with E-state index < -0.39 is 27.3 Å². The van der Waals surface area contributed by atoms with Gasteiger partial charge in [-0.3, -0.25) is 4.79 Å². The quantitative estimate of drug-likeness (QED) is 0.788. The summed E-state index contributed by atoms with van der Waals surface area (Å²) in [7, 11) is -3.66. The molecular weight excluding hydrogens is 318 g/mol. The molecule has 0 bridgehead atoms. The van der Waals surface area contributed by atoms with Gasteiger partial charge in [0, 0.05) is 6.04 Å². The first-order valence-electron chi connectivity index (χ1n) is 7.23. The van der Waals surface area contributed by atoms with Crippen LogP contribution in [0.25, 0.3) is 5.69 Å². The van der Waals surface area contributed by atoms with Crippen LogP contribution in [0.1, 0.15) is 26.1 Å². The smallest absolute Gasteiger partial charge is 0.235 e. The lowest BCUT2D eigenvalue weighted by molar-refractivity contribution is -0.119. The first-order chi connectivity index (χ1) is 10.9. The maximum Gasteiger partial charge on any atom is 0.235 e. The summed E-state index contributed by atoms with van der Waals surface area (Å²) in [6.07, 6.45) is 0.734. The molecule has 9 heteroatoms. The van der Waals surface area contributed by atoms with Crippen LogP contribution in [0.5, 0.6) is 0 Å². The Morgan fingerprint density at radius 3 is 2.65 bits per heavy atom. The maximum absolute atomic E-state index is 12.2. The number of amides is 1. The van der Waals surface area contributed by atoms with E-state index in [1.54, 1.807) is 24.3 Å². The van der Waals surface area contributed by atoms with Crippen molar-refractivity contribution in [1.82, 2.24) is 25.5 Å². The lowest BCUT2D eigenvalue weighted by Gasteiger charge is -2.11. The Morgan fingerprint density at radius 1 is 1.30 bits per heavy atom. The Balaban J connectivity index is 2.10. The molecule has 0 saturated heterocycles. The molecule has 23 heavy (non-hydrogen) atoms. The lowest BCUT2D eigenvalue weighted by atomic mass is 10.3. The van der Waals surface area contributed by atoms with E-state index >= 15 is 0 Å². The molecule has 1 amide bonds. The van der Waals surface area contributed by atoms with Crippen LogP contribution in [-0.4, -0.2) is 46.3 Å². The second-order valence-corrected chi connectivity index (χ2v) is 7.32. The standard InChI is InChI=1S/C14H19N5O3S/c1-3-11(2)15-14(20)10-23(21,22)9-13-16-17-18-19(13)12-7-5-4-6-8-12/h4-8,11H,3,9-10H2,1-2H3,(H,15,20)/t11-/m0/s1. The van der Waals surface area contributed by atoms with Crippen molar-refractivity contribution >= 4 is 15.7 Å². The van der Waals surface area contributed by atoms with Crippen LogP contribution in [0.15, 0.2) is 30.3 Å². The molecule has 1 aromatic heterocycles. The molecule has 0 aliphatic carbocycles. The van der Waals surface area contributed by atoms with E-state index in [1.807, 2.05) is 19.9 Å². The molecule has 0 saturated carbocycles. The molecule has 2 aromatic rings. The number of para-hydroxylation sites is 1. The van der Waals surface area contributed by atoms with Crippen LogP contribution >= 0.6 is 0 Å². The number of aromatic nitrogens is 4. The van der Waals surface area contributed by atoms with E-state index in [1.165, 1.54) is 4.68 Å². The summed E-state index contributed by atoms with van der Waals surface area (Å²) >= 11 is 0. The number of hydrogen-bond donors (Lipinski definition) is 1. The van der Waals surface area contributed by atoms with Crippen LogP contribution in [0.3, 0.4) is 0 Å². The lowest BCUT2D eigenvalue weighted by Crippen LogP contribution is -2.36. The molecule has 0 aliphatic rings. The molecule has 1 aromatic carbocycles. The summed E-state index contributed by atoms with van der Waals surface area (Å²) in [6, 6.07) is 8.91. The molecule has 1 heterocycles. The third-order valence-electron chi connectivity index (χ3n) is 3.25. The Labute approximate surface area is 134 Å². The number of hydrogen-bond acceptors (Lipinski definition) is 6. The number of benzene rings is 1. The number of rotatable bonds is 7. The third kappa shape index (κ3) is 4.85. The van der Waals surface area contributed by atoms with Gasteiger partial charge in [0.15, 0.2) is 15.7 Å². The highest BCUT2D eigenvalue weighted by Crippen LogP contribution is 2.10. The van der Waals surface area contributed by atoms with E-state index in [-0.39, 0.29) is 11.9 Å². The van der Waals surface area contributed by atoms with Crippen LogP contribution in [0.4, 0.5) is 0 Å². The van der Waals surface area contributed by atoms with Gasteiger partial charge >= 0.3 is 0 Å². The molecule has 124 valence electrons. The molecule has 0 radical (unpaired) electrons. The van der Waals surface area contributed by atoms with Crippen molar-refractivity contribution in [2.24, 2.45) is 0 Å². The van der Waals surface area contributed by atoms with E-state index in [2.05, 4.69) is 20.8 Å². The number of carbonyl (C=O) groups excluding carboxylic acids is 1. The first kappa shape index (κ1) is 17.1. The minimum atomic E-state index is -3.66. The zero-order valence-electron chi connectivity index (χ0n) is 13.0. The van der Waals surface area contributed by atoms with Gasteiger partial charge in [0.1, 0.15) is 11.5 Å². The Kier molecular flexibility index (Phi) is 5.43. The van der Waals surface area contributed by atoms with E-state index in [0.29, 0.717) is 5.69 Å². The molecule has 0 fully saturated rings. The normalized spacial score (nSPS) is 12.8. The average Bonchev–Trinajstić information content (AvgIpc) is 2.94. The number of nitrogens with zero attached hydrogens (tertiary/aromatic N) is 4. The number of sulfone groups is 1. The zero-order chi connectivity index (χ0) is 16.9. The monoisotopic (exact) mass is 337 g/mol. The van der Waals surface area contributed by atoms with Crippen molar-refractivity contribution < 1.29 is 13.2 Å². The van der Waals surface area contributed by atoms with Gasteiger partial charge in [-0.2, -0.15) is 4.68 Å². The number of carbonyl (C=O) groups is 1. The van der Waals surface area contributed by atoms with Gasteiger partial charge in [-0.15, -0.1) is 5.10 Å². The van der Waals surface area contributed by atoms with Crippen molar-refractivity contribution in [3.8, 4) is 5.69 Å². The minimum absolute atomic E-state index is 0.0626. The SMILES string of the molecule is CC[C@H](C)NC(=O)CS(=O)(=O)Cc1nnnn1-c1ccccc1. The molecule has 1 atom stereocenters. The van der Waals surface area contributed by atoms with Crippen molar-refractivity contribution in [2.75, 3.05) is 5.75 Å². The predicted octanol–water partition coefficient (Wildman–Crippen LogP) is 0.492. The summed E-state index contributed by atoms with van der Waals surface area (Å²) in [5.74, 6) is -1.33. The number of tetrazole rings is 1. The Morgan fingerprint density at radius 2 is 2.00 bits per heavy atom. The van der Waals surface area contributed by atoms with Crippen molar-refractivity contribution in [3.63, 3.8) is 0 Å². The minimum Gasteiger partial charge on any atom is -0.353 e. The molecule has 0 aliphatic heterocycles. The van der Waals surface area contributed by atoms with Crippen LogP contribution in [0, 0.1) is 0 Å². The molecule has 1 N–H and O–H groups in total. The largest absolute Gasteiger partial charge is 0.353 e. The van der Waals surface area contributed by atoms with Gasteiger partial charge in [-0.25, -0.2) is 8.42 Å². The van der Waals surface area contributed by atoms with Gasteiger partial charge in [0.05, 0.1) is 5.69 Å². The number of nitrogens with one attached hydrogen (secondary N) is 1. The fraction of sp³-hybridized carbons (Fsp3) is 0.429. The van der Waals surface area contributed by atoms with E-state index in [4.69, 9.17) is 0 Å². The molecular formula is C14H19N5O3S. The van der Waals surface area contributed by atoms with Crippen molar-refractivity contribution in [3.05, 3.63) is 36.2 Å². The van der Waals surface area contributed by atoms with Gasteiger partial charge in [0.2, 0.25) is 5.91 Å². The summed E-state index contributed by atoms with van der Waals surface area (Å²) in [5.41, 5.74) is 0.659. The summed E-state index contributed by atoms with van der Waals surface area (Å²) in [6.45, 7) is 3.73. The highest BCUT2D eigenvalue weighted by molar-refractivity contribution is 7.91. The van der Waals surface area contributed by atoms with E-state index in [9.17, 15) is 13.2 Å². The van der Waals surface area contributed by atoms with Crippen molar-refractivity contribution in [1.29, 1.82) is 0 Å². The topological polar surface area (TPSA) is 107 Å². The highest BCUT2D eigenvalue weighted by atomic mass is 32.2. The fourth-order valence-corrected chi connectivity index (χ4v) is 3.09. The highest BCUT2D eigenvalue weighted by Gasteiger charge is 2.22. The van der Waals surface area contributed by atoms with Crippen LogP contribution < -0.4 is 5.32 Å². The first-order valence-corrected chi connectivity index (χ1v) is 9.06. The molecule has 8 nitrogen and oxygen atoms in total. The van der Waals surface area contributed by atoms with Crippen LogP contribution in [-0.2, 0) is 20.4 Å². The second-order valence-electron chi connectivity index (χ2n) is 5.25. The molecule has 0 unspecified atom stereocenters. The zero-order valence-corrected chi connectivity index (χ0v) is 13.8. The predicted molar refractivity (Wildman–Crippen MR) is 84.5 cm³/mol. The van der Waals surface area contributed by atoms with Crippen LogP contribution in [0.2, 0.25) is 0 Å². The maximum atomic E-state index is 12.2. The van der Waals surface area contributed by atoms with Gasteiger partial charge in [-0.1, -0.05) is 25.1 Å². The summed E-state index contributed by atoms with van der Waals surface area (Å²) < 4.78 is 25.7. The van der Waals surface area contributed by atoms with Gasteiger partial charge in [0.25, 0.3) is 0 Å². The summed E-state index contributed by atoms with van der Waals surface area (Å²) in [5, 5.41) is 13.7. The molecule has 2 rings (SSSR count). The Bertz CT molecular complexity index is 758.